The number of aliphatic hydroxyl groups excluding tert-OH is 1. The molecular formula is C12H17NO3. The van der Waals surface area contributed by atoms with Crippen LogP contribution in [0.3, 0.4) is 0 Å². The van der Waals surface area contributed by atoms with Crippen molar-refractivity contribution in [1.29, 1.82) is 0 Å². The van der Waals surface area contributed by atoms with Crippen LogP contribution in [0.1, 0.15) is 6.42 Å². The van der Waals surface area contributed by atoms with Crippen molar-refractivity contribution in [2.24, 2.45) is 5.92 Å². The average Bonchev–Trinajstić information content (AvgIpc) is 2.77. The van der Waals surface area contributed by atoms with Gasteiger partial charge in [0, 0.05) is 31.7 Å². The summed E-state index contributed by atoms with van der Waals surface area (Å²) in [5.74, 6) is 1.33. The third kappa shape index (κ3) is 2.07. The molecule has 2 N–H and O–H groups in total. The van der Waals surface area contributed by atoms with Gasteiger partial charge in [-0.3, -0.25) is 0 Å². The third-order valence-corrected chi connectivity index (χ3v) is 3.05. The summed E-state index contributed by atoms with van der Waals surface area (Å²) in [4.78, 5) is 2.14. The highest BCUT2D eigenvalue weighted by molar-refractivity contribution is 5.61. The predicted molar refractivity (Wildman–Crippen MR) is 62.1 cm³/mol. The molecule has 0 radical (unpaired) electrons. The first-order valence-electron chi connectivity index (χ1n) is 5.47. The number of benzene rings is 1. The zero-order chi connectivity index (χ0) is 11.5. The first kappa shape index (κ1) is 11.1. The van der Waals surface area contributed by atoms with E-state index in [9.17, 15) is 5.11 Å². The Balaban J connectivity index is 2.22. The molecule has 0 aromatic heterocycles. The molecule has 1 aliphatic heterocycles. The molecular weight excluding hydrogens is 206 g/mol. The van der Waals surface area contributed by atoms with Crippen LogP contribution in [-0.4, -0.2) is 37.0 Å². The standard InChI is InChI=1S/C12H17NO3/c1-16-12-3-2-10(15)6-11(12)13-5-4-9(7-13)8-14/h2-3,6,9,14-15H,4-5,7-8H2,1H3. The fourth-order valence-corrected chi connectivity index (χ4v) is 2.13. The summed E-state index contributed by atoms with van der Waals surface area (Å²) >= 11 is 0. The fourth-order valence-electron chi connectivity index (χ4n) is 2.13. The number of anilines is 1. The summed E-state index contributed by atoms with van der Waals surface area (Å²) in [5.41, 5.74) is 0.901. The highest BCUT2D eigenvalue weighted by Gasteiger charge is 2.24. The van der Waals surface area contributed by atoms with Gasteiger partial charge in [-0.2, -0.15) is 0 Å². The number of nitrogens with zero attached hydrogens (tertiary/aromatic N) is 1. The van der Waals surface area contributed by atoms with Crippen LogP contribution in [0.2, 0.25) is 0 Å². The van der Waals surface area contributed by atoms with Gasteiger partial charge in [-0.25, -0.2) is 0 Å². The SMILES string of the molecule is COc1ccc(O)cc1N1CCC(CO)C1. The molecule has 4 nitrogen and oxygen atoms in total. The lowest BCUT2D eigenvalue weighted by molar-refractivity contribution is 0.238. The van der Waals surface area contributed by atoms with E-state index in [0.717, 1.165) is 30.9 Å². The highest BCUT2D eigenvalue weighted by Crippen LogP contribution is 2.34. The third-order valence-electron chi connectivity index (χ3n) is 3.05. The van der Waals surface area contributed by atoms with Crippen molar-refractivity contribution in [3.63, 3.8) is 0 Å². The summed E-state index contributed by atoms with van der Waals surface area (Å²) in [7, 11) is 1.62. The molecule has 88 valence electrons. The van der Waals surface area contributed by atoms with Gasteiger partial charge in [-0.1, -0.05) is 0 Å². The van der Waals surface area contributed by atoms with Crippen LogP contribution in [-0.2, 0) is 0 Å². The number of aromatic hydroxyl groups is 1. The van der Waals surface area contributed by atoms with Crippen molar-refractivity contribution < 1.29 is 14.9 Å². The number of ether oxygens (including phenoxy) is 1. The van der Waals surface area contributed by atoms with Crippen molar-refractivity contribution in [1.82, 2.24) is 0 Å². The van der Waals surface area contributed by atoms with Crippen LogP contribution in [0.5, 0.6) is 11.5 Å². The zero-order valence-corrected chi connectivity index (χ0v) is 9.39. The lowest BCUT2D eigenvalue weighted by Gasteiger charge is -2.21. The van der Waals surface area contributed by atoms with Gasteiger partial charge in [-0.05, 0) is 18.6 Å². The van der Waals surface area contributed by atoms with Gasteiger partial charge in [0.25, 0.3) is 0 Å². The predicted octanol–water partition coefficient (Wildman–Crippen LogP) is 1.22. The van der Waals surface area contributed by atoms with Gasteiger partial charge < -0.3 is 19.8 Å². The second-order valence-corrected chi connectivity index (χ2v) is 4.14. The normalized spacial score (nSPS) is 20.1. The Morgan fingerprint density at radius 2 is 2.31 bits per heavy atom. The summed E-state index contributed by atoms with van der Waals surface area (Å²) in [5, 5.41) is 18.6. The topological polar surface area (TPSA) is 52.9 Å². The molecule has 0 spiro atoms. The van der Waals surface area contributed by atoms with Crippen LogP contribution in [0.25, 0.3) is 0 Å². The van der Waals surface area contributed by atoms with Gasteiger partial charge in [0.15, 0.2) is 0 Å². The summed E-state index contributed by atoms with van der Waals surface area (Å²) in [6.07, 6.45) is 0.981. The van der Waals surface area contributed by atoms with E-state index in [2.05, 4.69) is 4.90 Å². The Morgan fingerprint density at radius 1 is 1.50 bits per heavy atom. The maximum absolute atomic E-state index is 9.48. The van der Waals surface area contributed by atoms with Crippen LogP contribution in [0.15, 0.2) is 18.2 Å². The second-order valence-electron chi connectivity index (χ2n) is 4.14. The number of hydrogen-bond donors (Lipinski definition) is 2. The van der Waals surface area contributed by atoms with Crippen LogP contribution >= 0.6 is 0 Å². The summed E-state index contributed by atoms with van der Waals surface area (Å²) in [6, 6.07) is 5.08. The van der Waals surface area contributed by atoms with Gasteiger partial charge in [0.05, 0.1) is 12.8 Å². The first-order valence-corrected chi connectivity index (χ1v) is 5.47. The van der Waals surface area contributed by atoms with Crippen LogP contribution in [0, 0.1) is 5.92 Å². The monoisotopic (exact) mass is 223 g/mol. The highest BCUT2D eigenvalue weighted by atomic mass is 16.5. The van der Waals surface area contributed by atoms with E-state index in [1.54, 1.807) is 25.3 Å². The van der Waals surface area contributed by atoms with Gasteiger partial charge in [-0.15, -0.1) is 0 Å². The van der Waals surface area contributed by atoms with E-state index in [0.29, 0.717) is 5.92 Å². The van der Waals surface area contributed by atoms with Gasteiger partial charge in [0.2, 0.25) is 0 Å². The van der Waals surface area contributed by atoms with Gasteiger partial charge in [0.1, 0.15) is 11.5 Å². The molecule has 1 fully saturated rings. The molecule has 1 aromatic rings. The van der Waals surface area contributed by atoms with Crippen LogP contribution < -0.4 is 9.64 Å². The number of phenols is 1. The second kappa shape index (κ2) is 4.61. The van der Waals surface area contributed by atoms with E-state index >= 15 is 0 Å². The molecule has 0 bridgehead atoms. The summed E-state index contributed by atoms with van der Waals surface area (Å²) < 4.78 is 5.27. The Bertz CT molecular complexity index is 367. The van der Waals surface area contributed by atoms with Crippen molar-refractivity contribution in [2.45, 2.75) is 6.42 Å². The van der Waals surface area contributed by atoms with E-state index in [1.165, 1.54) is 0 Å². The fraction of sp³-hybridized carbons (Fsp3) is 0.500. The van der Waals surface area contributed by atoms with Crippen molar-refractivity contribution in [2.75, 3.05) is 31.7 Å². The quantitative estimate of drug-likeness (QED) is 0.809. The summed E-state index contributed by atoms with van der Waals surface area (Å²) in [6.45, 7) is 1.93. The number of phenolic OH excluding ortho intramolecular Hbond substituents is 1. The van der Waals surface area contributed by atoms with Gasteiger partial charge >= 0.3 is 0 Å². The molecule has 1 heterocycles. The molecule has 1 unspecified atom stereocenters. The number of hydrogen-bond acceptors (Lipinski definition) is 4. The maximum atomic E-state index is 9.48. The molecule has 0 amide bonds. The minimum atomic E-state index is 0.220. The van der Waals surface area contributed by atoms with E-state index in [-0.39, 0.29) is 12.4 Å². The molecule has 1 aliphatic rings. The molecule has 1 aromatic carbocycles. The minimum absolute atomic E-state index is 0.220. The Hall–Kier alpha value is -1.42. The molecule has 1 atom stereocenters. The molecule has 1 saturated heterocycles. The lowest BCUT2D eigenvalue weighted by Crippen LogP contribution is -2.21. The maximum Gasteiger partial charge on any atom is 0.142 e. The van der Waals surface area contributed by atoms with E-state index in [1.807, 2.05) is 0 Å². The molecule has 0 aliphatic carbocycles. The smallest absolute Gasteiger partial charge is 0.142 e. The average molecular weight is 223 g/mol. The zero-order valence-electron chi connectivity index (χ0n) is 9.39. The van der Waals surface area contributed by atoms with Crippen molar-refractivity contribution >= 4 is 5.69 Å². The van der Waals surface area contributed by atoms with Crippen LogP contribution in [0.4, 0.5) is 5.69 Å². The minimum Gasteiger partial charge on any atom is -0.508 e. The van der Waals surface area contributed by atoms with E-state index in [4.69, 9.17) is 9.84 Å². The largest absolute Gasteiger partial charge is 0.508 e. The number of aliphatic hydroxyl groups is 1. The van der Waals surface area contributed by atoms with Crippen molar-refractivity contribution in [3.8, 4) is 11.5 Å². The Labute approximate surface area is 95.1 Å². The molecule has 16 heavy (non-hydrogen) atoms. The lowest BCUT2D eigenvalue weighted by atomic mass is 10.1. The first-order chi connectivity index (χ1) is 7.74. The molecule has 4 heteroatoms. The number of rotatable bonds is 3. The molecule has 0 saturated carbocycles. The number of methoxy groups -OCH3 is 1. The van der Waals surface area contributed by atoms with E-state index < -0.39 is 0 Å². The Kier molecular flexibility index (Phi) is 3.19. The van der Waals surface area contributed by atoms with Crippen molar-refractivity contribution in [3.05, 3.63) is 18.2 Å². The molecule has 2 rings (SSSR count). The Morgan fingerprint density at radius 3 is 2.94 bits per heavy atom.